The second kappa shape index (κ2) is 4.81. The van der Waals surface area contributed by atoms with Gasteiger partial charge in [0.15, 0.2) is 0 Å². The van der Waals surface area contributed by atoms with Crippen molar-refractivity contribution in [2.75, 3.05) is 59.5 Å². The number of nitrogens with one attached hydrogen (secondary N) is 1. The quantitative estimate of drug-likeness (QED) is 0.520. The van der Waals surface area contributed by atoms with Gasteiger partial charge in [-0.05, 0) is 0 Å². The van der Waals surface area contributed by atoms with Gasteiger partial charge in [-0.15, -0.1) is 0 Å². The number of ether oxygens (including phenoxy) is 1. The van der Waals surface area contributed by atoms with E-state index in [-0.39, 0.29) is 6.03 Å². The summed E-state index contributed by atoms with van der Waals surface area (Å²) in [6, 6.07) is 0.200. The molecular formula is C10H20N3O2+. The normalized spacial score (nSPS) is 24.3. The molecule has 0 unspecified atom stereocenters. The van der Waals surface area contributed by atoms with Crippen molar-refractivity contribution in [2.45, 2.75) is 0 Å². The Morgan fingerprint density at radius 1 is 1.07 bits per heavy atom. The fourth-order valence-electron chi connectivity index (χ4n) is 2.03. The largest absolute Gasteiger partial charge is 0.378 e. The van der Waals surface area contributed by atoms with Gasteiger partial charge in [0.1, 0.15) is 0 Å². The lowest BCUT2D eigenvalue weighted by atomic mass is 10.3. The molecule has 0 spiro atoms. The smallest absolute Gasteiger partial charge is 0.320 e. The maximum atomic E-state index is 12.0. The van der Waals surface area contributed by atoms with Crippen molar-refractivity contribution >= 4 is 6.03 Å². The number of carbonyl (C=O) groups is 1. The van der Waals surface area contributed by atoms with Crippen molar-refractivity contribution < 1.29 is 14.4 Å². The van der Waals surface area contributed by atoms with Crippen LogP contribution in [0.2, 0.25) is 0 Å². The molecule has 0 aromatic rings. The van der Waals surface area contributed by atoms with Crippen molar-refractivity contribution in [1.29, 1.82) is 0 Å². The Morgan fingerprint density at radius 3 is 2.20 bits per heavy atom. The number of likely N-dealkylation sites (N-methyl/N-ethyl adjacent to an activating group) is 1. The first-order chi connectivity index (χ1) is 7.27. The molecule has 0 saturated carbocycles. The minimum Gasteiger partial charge on any atom is -0.378 e. The number of amides is 2. The lowest BCUT2D eigenvalue weighted by Gasteiger charge is -2.35. The number of urea groups is 1. The van der Waals surface area contributed by atoms with Crippen molar-refractivity contribution in [1.82, 2.24) is 9.80 Å². The molecule has 5 heteroatoms. The first kappa shape index (κ1) is 10.7. The summed E-state index contributed by atoms with van der Waals surface area (Å²) in [5, 5.41) is 0. The number of piperazine rings is 1. The summed E-state index contributed by atoms with van der Waals surface area (Å²) in [4.78, 5) is 17.4. The number of quaternary nitrogens is 1. The van der Waals surface area contributed by atoms with Crippen molar-refractivity contribution in [2.24, 2.45) is 0 Å². The molecule has 2 fully saturated rings. The van der Waals surface area contributed by atoms with E-state index in [9.17, 15) is 4.79 Å². The van der Waals surface area contributed by atoms with Gasteiger partial charge in [-0.1, -0.05) is 0 Å². The van der Waals surface area contributed by atoms with E-state index in [4.69, 9.17) is 4.74 Å². The van der Waals surface area contributed by atoms with Gasteiger partial charge in [-0.25, -0.2) is 4.79 Å². The van der Waals surface area contributed by atoms with Crippen LogP contribution in [0.3, 0.4) is 0 Å². The monoisotopic (exact) mass is 214 g/mol. The van der Waals surface area contributed by atoms with Gasteiger partial charge >= 0.3 is 6.03 Å². The first-order valence-electron chi connectivity index (χ1n) is 5.70. The van der Waals surface area contributed by atoms with E-state index < -0.39 is 0 Å². The highest BCUT2D eigenvalue weighted by atomic mass is 16.5. The van der Waals surface area contributed by atoms with Gasteiger partial charge in [0, 0.05) is 13.1 Å². The molecule has 2 amide bonds. The van der Waals surface area contributed by atoms with E-state index in [1.807, 2.05) is 9.80 Å². The van der Waals surface area contributed by atoms with E-state index in [2.05, 4.69) is 7.05 Å². The molecule has 2 aliphatic heterocycles. The summed E-state index contributed by atoms with van der Waals surface area (Å²) in [5.74, 6) is 0. The maximum absolute atomic E-state index is 12.0. The summed E-state index contributed by atoms with van der Waals surface area (Å²) in [5.41, 5.74) is 0. The molecule has 86 valence electrons. The molecule has 0 radical (unpaired) electrons. The second-order valence-electron chi connectivity index (χ2n) is 4.33. The third-order valence-electron chi connectivity index (χ3n) is 3.17. The van der Waals surface area contributed by atoms with Crippen LogP contribution in [0.4, 0.5) is 4.79 Å². The molecule has 2 heterocycles. The van der Waals surface area contributed by atoms with E-state index >= 15 is 0 Å². The Bertz CT molecular complexity index is 221. The van der Waals surface area contributed by atoms with Crippen LogP contribution in [-0.2, 0) is 4.74 Å². The highest BCUT2D eigenvalue weighted by molar-refractivity contribution is 5.74. The number of carbonyl (C=O) groups excluding carboxylic acids is 1. The fraction of sp³-hybridized carbons (Fsp3) is 0.900. The number of nitrogens with zero attached hydrogens (tertiary/aromatic N) is 2. The summed E-state index contributed by atoms with van der Waals surface area (Å²) in [7, 11) is 2.18. The molecular weight excluding hydrogens is 194 g/mol. The van der Waals surface area contributed by atoms with Crippen LogP contribution in [0, 0.1) is 0 Å². The molecule has 0 atom stereocenters. The van der Waals surface area contributed by atoms with Gasteiger partial charge in [0.2, 0.25) is 0 Å². The van der Waals surface area contributed by atoms with Gasteiger partial charge in [-0.3, -0.25) is 0 Å². The molecule has 0 aliphatic carbocycles. The zero-order valence-corrected chi connectivity index (χ0v) is 9.37. The first-order valence-corrected chi connectivity index (χ1v) is 5.70. The zero-order valence-electron chi connectivity index (χ0n) is 9.37. The van der Waals surface area contributed by atoms with Crippen LogP contribution < -0.4 is 4.90 Å². The lowest BCUT2D eigenvalue weighted by molar-refractivity contribution is -0.883. The zero-order chi connectivity index (χ0) is 10.7. The van der Waals surface area contributed by atoms with E-state index in [1.54, 1.807) is 0 Å². The molecule has 2 saturated heterocycles. The predicted molar refractivity (Wildman–Crippen MR) is 56.0 cm³/mol. The van der Waals surface area contributed by atoms with Crippen LogP contribution in [0.15, 0.2) is 0 Å². The topological polar surface area (TPSA) is 37.2 Å². The summed E-state index contributed by atoms with van der Waals surface area (Å²) in [6.45, 7) is 6.78. The minimum atomic E-state index is 0.200. The highest BCUT2D eigenvalue weighted by Gasteiger charge is 2.26. The number of morpholine rings is 1. The fourth-order valence-corrected chi connectivity index (χ4v) is 2.03. The van der Waals surface area contributed by atoms with Crippen molar-refractivity contribution in [3.05, 3.63) is 0 Å². The third-order valence-corrected chi connectivity index (χ3v) is 3.17. The van der Waals surface area contributed by atoms with Crippen LogP contribution in [0.25, 0.3) is 0 Å². The van der Waals surface area contributed by atoms with Crippen LogP contribution in [0.1, 0.15) is 0 Å². The van der Waals surface area contributed by atoms with Crippen LogP contribution in [-0.4, -0.2) is 75.4 Å². The van der Waals surface area contributed by atoms with Crippen LogP contribution >= 0.6 is 0 Å². The molecule has 2 aliphatic rings. The summed E-state index contributed by atoms with van der Waals surface area (Å²) in [6.07, 6.45) is 0. The molecule has 2 rings (SSSR count). The minimum absolute atomic E-state index is 0.200. The van der Waals surface area contributed by atoms with Gasteiger partial charge in [-0.2, -0.15) is 0 Å². The van der Waals surface area contributed by atoms with Crippen molar-refractivity contribution in [3.8, 4) is 0 Å². The Labute approximate surface area is 90.6 Å². The van der Waals surface area contributed by atoms with Gasteiger partial charge in [0.25, 0.3) is 0 Å². The second-order valence-corrected chi connectivity index (χ2v) is 4.33. The molecule has 0 aromatic heterocycles. The third kappa shape index (κ3) is 2.60. The van der Waals surface area contributed by atoms with Crippen LogP contribution in [0.5, 0.6) is 0 Å². The Morgan fingerprint density at radius 2 is 1.60 bits per heavy atom. The lowest BCUT2D eigenvalue weighted by Crippen LogP contribution is -3.12. The Balaban J connectivity index is 1.84. The average Bonchev–Trinajstić information content (AvgIpc) is 2.30. The maximum Gasteiger partial charge on any atom is 0.320 e. The number of rotatable bonds is 0. The Hall–Kier alpha value is -0.810. The van der Waals surface area contributed by atoms with Gasteiger partial charge in [0.05, 0.1) is 46.4 Å². The molecule has 1 N–H and O–H groups in total. The van der Waals surface area contributed by atoms with E-state index in [0.29, 0.717) is 13.2 Å². The number of hydrogen-bond acceptors (Lipinski definition) is 2. The summed E-state index contributed by atoms with van der Waals surface area (Å²) < 4.78 is 5.24. The van der Waals surface area contributed by atoms with E-state index in [0.717, 1.165) is 39.3 Å². The predicted octanol–water partition coefficient (Wildman–Crippen LogP) is -1.73. The SMILES string of the molecule is C[NH+]1CCN(C(=O)N2CCOCC2)CC1. The Kier molecular flexibility index (Phi) is 3.43. The highest BCUT2D eigenvalue weighted by Crippen LogP contribution is 2.03. The van der Waals surface area contributed by atoms with E-state index in [1.165, 1.54) is 4.90 Å². The molecule has 5 nitrogen and oxygen atoms in total. The molecule has 0 aromatic carbocycles. The molecule has 0 bridgehead atoms. The number of hydrogen-bond donors (Lipinski definition) is 1. The van der Waals surface area contributed by atoms with Gasteiger partial charge < -0.3 is 19.4 Å². The van der Waals surface area contributed by atoms with Crippen molar-refractivity contribution in [3.63, 3.8) is 0 Å². The summed E-state index contributed by atoms with van der Waals surface area (Å²) >= 11 is 0. The standard InChI is InChI=1S/C10H19N3O2/c1-11-2-4-12(5-3-11)10(14)13-6-8-15-9-7-13/h2-9H2,1H3/p+1. The molecule has 15 heavy (non-hydrogen) atoms. The average molecular weight is 214 g/mol.